The molecule has 1 aromatic carbocycles. The van der Waals surface area contributed by atoms with Gasteiger partial charge in [-0.1, -0.05) is 24.3 Å². The lowest BCUT2D eigenvalue weighted by molar-refractivity contribution is 0.0198. The number of likely N-dealkylation sites (N-methyl/N-ethyl adjacent to an activating group) is 1. The molecule has 0 saturated carbocycles. The van der Waals surface area contributed by atoms with E-state index < -0.39 is 0 Å². The summed E-state index contributed by atoms with van der Waals surface area (Å²) in [7, 11) is 2.18. The monoisotopic (exact) mass is 260 g/mol. The van der Waals surface area contributed by atoms with Crippen LogP contribution in [0.2, 0.25) is 0 Å². The minimum absolute atomic E-state index is 0.303. The van der Waals surface area contributed by atoms with Gasteiger partial charge >= 0.3 is 0 Å². The van der Waals surface area contributed by atoms with Crippen molar-refractivity contribution in [3.8, 4) is 0 Å². The molecule has 1 saturated heterocycles. The molecular formula is C16H24N2O. The van der Waals surface area contributed by atoms with Crippen molar-refractivity contribution in [2.24, 2.45) is 0 Å². The molecule has 3 heteroatoms. The molecule has 19 heavy (non-hydrogen) atoms. The van der Waals surface area contributed by atoms with Gasteiger partial charge in [0.25, 0.3) is 0 Å². The average molecular weight is 260 g/mol. The third-order valence-electron chi connectivity index (χ3n) is 4.69. The largest absolute Gasteiger partial charge is 0.387 e. The third-order valence-corrected chi connectivity index (χ3v) is 4.69. The number of hydrogen-bond donors (Lipinski definition) is 1. The molecule has 0 spiro atoms. The molecule has 2 aliphatic rings. The molecule has 0 aromatic heterocycles. The van der Waals surface area contributed by atoms with E-state index in [1.807, 2.05) is 0 Å². The van der Waals surface area contributed by atoms with Gasteiger partial charge in [-0.3, -0.25) is 4.90 Å². The Balaban J connectivity index is 1.79. The Hall–Kier alpha value is -0.900. The molecule has 3 rings (SSSR count). The van der Waals surface area contributed by atoms with Crippen LogP contribution < -0.4 is 0 Å². The number of aliphatic hydroxyl groups excluding tert-OH is 1. The molecule has 1 aromatic rings. The highest BCUT2D eigenvalue weighted by Gasteiger charge is 2.31. The first kappa shape index (κ1) is 13.1. The summed E-state index contributed by atoms with van der Waals surface area (Å²) in [6.07, 6.45) is 3.09. The van der Waals surface area contributed by atoms with Crippen LogP contribution in [0.5, 0.6) is 0 Å². The lowest BCUT2D eigenvalue weighted by Crippen LogP contribution is -2.50. The summed E-state index contributed by atoms with van der Waals surface area (Å²) >= 11 is 0. The molecule has 0 bridgehead atoms. The van der Waals surface area contributed by atoms with Gasteiger partial charge in [0.15, 0.2) is 0 Å². The van der Waals surface area contributed by atoms with Gasteiger partial charge in [-0.05, 0) is 37.4 Å². The first-order chi connectivity index (χ1) is 9.25. The fourth-order valence-corrected chi connectivity index (χ4v) is 3.45. The van der Waals surface area contributed by atoms with Gasteiger partial charge in [0.1, 0.15) is 0 Å². The average Bonchev–Trinajstić information content (AvgIpc) is 2.60. The Kier molecular flexibility index (Phi) is 3.87. The van der Waals surface area contributed by atoms with Crippen LogP contribution >= 0.6 is 0 Å². The maximum atomic E-state index is 10.8. The Morgan fingerprint density at radius 1 is 1.11 bits per heavy atom. The van der Waals surface area contributed by atoms with Crippen molar-refractivity contribution in [2.45, 2.75) is 31.4 Å². The smallest absolute Gasteiger partial charge is 0.0947 e. The van der Waals surface area contributed by atoms with Gasteiger partial charge in [-0.2, -0.15) is 0 Å². The molecule has 1 fully saturated rings. The first-order valence-electron chi connectivity index (χ1n) is 7.44. The van der Waals surface area contributed by atoms with E-state index in [4.69, 9.17) is 0 Å². The molecular weight excluding hydrogens is 236 g/mol. The summed E-state index contributed by atoms with van der Waals surface area (Å²) in [5.74, 6) is 0. The van der Waals surface area contributed by atoms with Crippen molar-refractivity contribution in [1.82, 2.24) is 9.80 Å². The van der Waals surface area contributed by atoms with E-state index in [0.29, 0.717) is 6.04 Å². The van der Waals surface area contributed by atoms with E-state index in [2.05, 4.69) is 41.1 Å². The number of rotatable bonds is 1. The molecule has 0 radical (unpaired) electrons. The molecule has 104 valence electrons. The number of benzene rings is 1. The van der Waals surface area contributed by atoms with Gasteiger partial charge in [0.2, 0.25) is 0 Å². The molecule has 1 heterocycles. The zero-order chi connectivity index (χ0) is 13.2. The van der Waals surface area contributed by atoms with E-state index >= 15 is 0 Å². The number of nitrogens with zero attached hydrogens (tertiary/aromatic N) is 2. The van der Waals surface area contributed by atoms with E-state index in [-0.39, 0.29) is 6.10 Å². The highest BCUT2D eigenvalue weighted by Crippen LogP contribution is 2.32. The second-order valence-electron chi connectivity index (χ2n) is 5.94. The molecule has 1 aliphatic carbocycles. The van der Waals surface area contributed by atoms with E-state index in [0.717, 1.165) is 44.6 Å². The number of aryl methyl sites for hydroxylation is 1. The van der Waals surface area contributed by atoms with E-state index in [1.54, 1.807) is 0 Å². The zero-order valence-corrected chi connectivity index (χ0v) is 11.8. The lowest BCUT2D eigenvalue weighted by Gasteiger charge is -2.39. The summed E-state index contributed by atoms with van der Waals surface area (Å²) < 4.78 is 0. The lowest BCUT2D eigenvalue weighted by atomic mass is 9.97. The summed E-state index contributed by atoms with van der Waals surface area (Å²) in [4.78, 5) is 4.86. The van der Waals surface area contributed by atoms with Crippen LogP contribution in [0, 0.1) is 0 Å². The molecule has 0 unspecified atom stereocenters. The van der Waals surface area contributed by atoms with Crippen molar-refractivity contribution >= 4 is 0 Å². The van der Waals surface area contributed by atoms with Crippen molar-refractivity contribution in [2.75, 3.05) is 33.2 Å². The predicted octanol–water partition coefficient (Wildman–Crippen LogP) is 1.67. The highest BCUT2D eigenvalue weighted by molar-refractivity contribution is 5.31. The van der Waals surface area contributed by atoms with Crippen LogP contribution in [0.1, 0.15) is 30.1 Å². The maximum absolute atomic E-state index is 10.8. The Bertz CT molecular complexity index is 427. The number of hydrogen-bond acceptors (Lipinski definition) is 3. The molecule has 1 aliphatic heterocycles. The van der Waals surface area contributed by atoms with Crippen LogP contribution in [0.25, 0.3) is 0 Å². The van der Waals surface area contributed by atoms with Crippen LogP contribution in [-0.4, -0.2) is 54.2 Å². The highest BCUT2D eigenvalue weighted by atomic mass is 16.3. The first-order valence-corrected chi connectivity index (χ1v) is 7.44. The van der Waals surface area contributed by atoms with E-state index in [1.165, 1.54) is 12.0 Å². The maximum Gasteiger partial charge on any atom is 0.0947 e. The van der Waals surface area contributed by atoms with Crippen LogP contribution in [0.15, 0.2) is 24.3 Å². The summed E-state index contributed by atoms with van der Waals surface area (Å²) in [6, 6.07) is 8.72. The second-order valence-corrected chi connectivity index (χ2v) is 5.94. The van der Waals surface area contributed by atoms with Crippen molar-refractivity contribution in [3.63, 3.8) is 0 Å². The van der Waals surface area contributed by atoms with Crippen LogP contribution in [0.3, 0.4) is 0 Å². The third kappa shape index (κ3) is 2.69. The standard InChI is InChI=1S/C16H24N2O/c1-17-9-11-18(12-10-17)15-8-4-6-13-5-2-3-7-14(13)16(15)19/h2-3,5,7,15-16,19H,4,6,8-12H2,1H3/t15-,16+/m1/s1. The molecule has 1 N–H and O–H groups in total. The van der Waals surface area contributed by atoms with Crippen molar-refractivity contribution < 1.29 is 5.11 Å². The Morgan fingerprint density at radius 2 is 1.84 bits per heavy atom. The number of piperazine rings is 1. The minimum atomic E-state index is -0.317. The predicted molar refractivity (Wildman–Crippen MR) is 77.2 cm³/mol. The van der Waals surface area contributed by atoms with Crippen LogP contribution in [-0.2, 0) is 6.42 Å². The molecule has 0 amide bonds. The number of fused-ring (bicyclic) bond motifs is 1. The van der Waals surface area contributed by atoms with Gasteiger partial charge in [0, 0.05) is 32.2 Å². The van der Waals surface area contributed by atoms with Crippen molar-refractivity contribution in [3.05, 3.63) is 35.4 Å². The Morgan fingerprint density at radius 3 is 2.63 bits per heavy atom. The summed E-state index contributed by atoms with van der Waals surface area (Å²) in [5.41, 5.74) is 2.50. The van der Waals surface area contributed by atoms with Gasteiger partial charge in [-0.25, -0.2) is 0 Å². The number of aliphatic hydroxyl groups is 1. The summed E-state index contributed by atoms with van der Waals surface area (Å²) in [5, 5.41) is 10.8. The van der Waals surface area contributed by atoms with Gasteiger partial charge < -0.3 is 10.0 Å². The SMILES string of the molecule is CN1CCN([C@@H]2CCCc3ccccc3[C@@H]2O)CC1. The molecule has 3 nitrogen and oxygen atoms in total. The zero-order valence-electron chi connectivity index (χ0n) is 11.8. The second kappa shape index (κ2) is 5.61. The van der Waals surface area contributed by atoms with Gasteiger partial charge in [-0.15, -0.1) is 0 Å². The fraction of sp³-hybridized carbons (Fsp3) is 0.625. The summed E-state index contributed by atoms with van der Waals surface area (Å²) in [6.45, 7) is 4.40. The van der Waals surface area contributed by atoms with Gasteiger partial charge in [0.05, 0.1) is 6.10 Å². The Labute approximate surface area is 115 Å². The van der Waals surface area contributed by atoms with E-state index in [9.17, 15) is 5.11 Å². The quantitative estimate of drug-likeness (QED) is 0.778. The minimum Gasteiger partial charge on any atom is -0.387 e. The van der Waals surface area contributed by atoms with Crippen molar-refractivity contribution in [1.29, 1.82) is 0 Å². The molecule has 2 atom stereocenters. The van der Waals surface area contributed by atoms with Crippen LogP contribution in [0.4, 0.5) is 0 Å². The normalized spacial score (nSPS) is 29.8. The fourth-order valence-electron chi connectivity index (χ4n) is 3.45. The topological polar surface area (TPSA) is 26.7 Å².